The average Bonchev–Trinajstić information content (AvgIpc) is 3.42. The first-order valence-corrected chi connectivity index (χ1v) is 12.2. The fourth-order valence-electron chi connectivity index (χ4n) is 3.99. The Balaban J connectivity index is 1.25. The molecule has 196 valence electrons. The Kier molecular flexibility index (Phi) is 6.94. The summed E-state index contributed by atoms with van der Waals surface area (Å²) in [7, 11) is 0. The summed E-state index contributed by atoms with van der Waals surface area (Å²) in [6, 6.07) is 13.1. The molecule has 0 spiro atoms. The van der Waals surface area contributed by atoms with Crippen LogP contribution >= 0.6 is 11.6 Å². The van der Waals surface area contributed by atoms with Crippen molar-refractivity contribution in [3.05, 3.63) is 88.0 Å². The third-order valence-electron chi connectivity index (χ3n) is 5.98. The molecule has 0 saturated carbocycles. The van der Waals surface area contributed by atoms with E-state index in [1.54, 1.807) is 12.1 Å². The molecule has 3 aromatic heterocycles. The van der Waals surface area contributed by atoms with E-state index in [2.05, 4.69) is 43.0 Å². The number of anilines is 1. The normalized spacial score (nSPS) is 11.7. The van der Waals surface area contributed by atoms with E-state index in [9.17, 15) is 13.2 Å². The number of fused-ring (bicyclic) bond motifs is 1. The summed E-state index contributed by atoms with van der Waals surface area (Å²) in [4.78, 5) is 12.0. The summed E-state index contributed by atoms with van der Waals surface area (Å²) < 4.78 is 45.6. The highest BCUT2D eigenvalue weighted by Crippen LogP contribution is 2.29. The van der Waals surface area contributed by atoms with Gasteiger partial charge < -0.3 is 14.6 Å². The third-order valence-corrected chi connectivity index (χ3v) is 6.48. The lowest BCUT2D eigenvalue weighted by Gasteiger charge is -2.10. The van der Waals surface area contributed by atoms with E-state index in [4.69, 9.17) is 21.3 Å². The number of aromatic amines is 1. The number of imidazole rings is 1. The summed E-state index contributed by atoms with van der Waals surface area (Å²) in [6.45, 7) is 5.18. The van der Waals surface area contributed by atoms with Gasteiger partial charge in [0, 0.05) is 31.9 Å². The molecule has 0 atom stereocenters. The summed E-state index contributed by atoms with van der Waals surface area (Å²) in [6.07, 6.45) is -2.50. The van der Waals surface area contributed by atoms with Crippen LogP contribution < -0.4 is 10.1 Å². The fourth-order valence-corrected chi connectivity index (χ4v) is 4.14. The molecule has 0 aliphatic carbocycles. The van der Waals surface area contributed by atoms with Gasteiger partial charge in [0.05, 0.1) is 33.0 Å². The van der Waals surface area contributed by atoms with Crippen LogP contribution in [0.5, 0.6) is 11.8 Å². The maximum atomic E-state index is 12.7. The van der Waals surface area contributed by atoms with E-state index in [1.165, 1.54) is 0 Å². The van der Waals surface area contributed by atoms with Gasteiger partial charge in [0.25, 0.3) is 0 Å². The van der Waals surface area contributed by atoms with Gasteiger partial charge in [-0.15, -0.1) is 0 Å². The van der Waals surface area contributed by atoms with E-state index in [0.717, 1.165) is 46.0 Å². The minimum Gasteiger partial charge on any atom is -0.424 e. The number of H-pyrrole nitrogens is 1. The van der Waals surface area contributed by atoms with Crippen LogP contribution in [-0.4, -0.2) is 29.7 Å². The predicted octanol–water partition coefficient (Wildman–Crippen LogP) is 6.55. The number of benzene rings is 2. The molecule has 0 saturated heterocycles. The van der Waals surface area contributed by atoms with E-state index in [-0.39, 0.29) is 6.01 Å². The zero-order valence-electron chi connectivity index (χ0n) is 20.5. The van der Waals surface area contributed by atoms with Gasteiger partial charge in [0.15, 0.2) is 0 Å². The van der Waals surface area contributed by atoms with Crippen LogP contribution in [0.1, 0.15) is 35.0 Å². The summed E-state index contributed by atoms with van der Waals surface area (Å²) in [5.74, 6) is 1.15. The molecule has 5 rings (SSSR count). The molecule has 0 amide bonds. The second kappa shape index (κ2) is 10.3. The molecule has 2 N–H and O–H groups in total. The SMILES string of the molecule is CCn1c(NCc2ccc(Oc3ncc(C(F)(F)F)cn3)cc2)nc2ccc(Cc3n[nH]c(C)c3Cl)cc21. The Morgan fingerprint density at radius 3 is 2.39 bits per heavy atom. The van der Waals surface area contributed by atoms with Gasteiger partial charge in [0.2, 0.25) is 5.95 Å². The Morgan fingerprint density at radius 2 is 1.76 bits per heavy atom. The first-order chi connectivity index (χ1) is 18.2. The molecular weight excluding hydrogens is 519 g/mol. The van der Waals surface area contributed by atoms with Crippen molar-refractivity contribution >= 4 is 28.6 Å². The molecular formula is C26H23ClF3N7O. The van der Waals surface area contributed by atoms with E-state index in [1.807, 2.05) is 31.2 Å². The lowest BCUT2D eigenvalue weighted by atomic mass is 10.1. The number of halogens is 4. The number of rotatable bonds is 8. The van der Waals surface area contributed by atoms with Crippen molar-refractivity contribution in [1.29, 1.82) is 0 Å². The van der Waals surface area contributed by atoms with Crippen LogP contribution in [0.4, 0.5) is 19.1 Å². The molecule has 12 heteroatoms. The Labute approximate surface area is 220 Å². The lowest BCUT2D eigenvalue weighted by Crippen LogP contribution is -2.07. The van der Waals surface area contributed by atoms with Crippen molar-refractivity contribution in [3.63, 3.8) is 0 Å². The zero-order valence-corrected chi connectivity index (χ0v) is 21.2. The number of aromatic nitrogens is 6. The summed E-state index contributed by atoms with van der Waals surface area (Å²) in [5.41, 5.74) is 4.66. The van der Waals surface area contributed by atoms with Crippen LogP contribution in [0.15, 0.2) is 54.9 Å². The first-order valence-electron chi connectivity index (χ1n) is 11.8. The molecule has 0 radical (unpaired) electrons. The molecule has 3 heterocycles. The maximum Gasteiger partial charge on any atom is 0.419 e. The summed E-state index contributed by atoms with van der Waals surface area (Å²) >= 11 is 6.34. The number of hydrogen-bond donors (Lipinski definition) is 2. The third kappa shape index (κ3) is 5.42. The minimum atomic E-state index is -4.50. The van der Waals surface area contributed by atoms with Crippen LogP contribution in [-0.2, 0) is 25.7 Å². The average molecular weight is 542 g/mol. The van der Waals surface area contributed by atoms with Crippen LogP contribution in [0.25, 0.3) is 11.0 Å². The minimum absolute atomic E-state index is 0.162. The standard InChI is InChI=1S/C26H23ClF3N7O/c1-3-37-22-11-17(10-21-23(27)15(2)35-36-21)6-9-20(22)34-24(37)31-12-16-4-7-19(8-5-16)38-25-32-13-18(14-33-25)26(28,29)30/h4-9,11,13-14H,3,10,12H2,1-2H3,(H,31,34)(H,35,36). The smallest absolute Gasteiger partial charge is 0.419 e. The molecule has 5 aromatic rings. The van der Waals surface area contributed by atoms with Crippen molar-refractivity contribution in [3.8, 4) is 11.8 Å². The second-order valence-corrected chi connectivity index (χ2v) is 9.02. The summed E-state index contributed by atoms with van der Waals surface area (Å²) in [5, 5.41) is 11.2. The van der Waals surface area contributed by atoms with Crippen LogP contribution in [0.2, 0.25) is 5.02 Å². The number of nitrogens with one attached hydrogen (secondary N) is 2. The highest BCUT2D eigenvalue weighted by molar-refractivity contribution is 6.31. The van der Waals surface area contributed by atoms with Crippen molar-refractivity contribution < 1.29 is 17.9 Å². The maximum absolute atomic E-state index is 12.7. The molecule has 0 unspecified atom stereocenters. The van der Waals surface area contributed by atoms with Crippen molar-refractivity contribution in [1.82, 2.24) is 29.7 Å². The highest BCUT2D eigenvalue weighted by atomic mass is 35.5. The first kappa shape index (κ1) is 25.5. The van der Waals surface area contributed by atoms with Gasteiger partial charge in [-0.3, -0.25) is 5.10 Å². The Hall–Kier alpha value is -4.12. The molecule has 0 fully saturated rings. The largest absolute Gasteiger partial charge is 0.424 e. The lowest BCUT2D eigenvalue weighted by molar-refractivity contribution is -0.138. The van der Waals surface area contributed by atoms with Crippen molar-refractivity contribution in [2.45, 2.75) is 39.5 Å². The topological polar surface area (TPSA) is 93.5 Å². The fraction of sp³-hybridized carbons (Fsp3) is 0.231. The highest BCUT2D eigenvalue weighted by Gasteiger charge is 2.31. The van der Waals surface area contributed by atoms with Crippen molar-refractivity contribution in [2.24, 2.45) is 0 Å². The van der Waals surface area contributed by atoms with Crippen molar-refractivity contribution in [2.75, 3.05) is 5.32 Å². The number of nitrogens with zero attached hydrogens (tertiary/aromatic N) is 5. The molecule has 2 aromatic carbocycles. The monoisotopic (exact) mass is 541 g/mol. The zero-order chi connectivity index (χ0) is 26.9. The molecule has 0 bridgehead atoms. The van der Waals surface area contributed by atoms with Gasteiger partial charge in [-0.05, 0) is 49.2 Å². The quantitative estimate of drug-likeness (QED) is 0.231. The van der Waals surface area contributed by atoms with Gasteiger partial charge >= 0.3 is 12.2 Å². The Morgan fingerprint density at radius 1 is 1.05 bits per heavy atom. The van der Waals surface area contributed by atoms with E-state index < -0.39 is 11.7 Å². The number of aryl methyl sites for hydroxylation is 2. The molecule has 8 nitrogen and oxygen atoms in total. The van der Waals surface area contributed by atoms with Gasteiger partial charge in [-0.1, -0.05) is 29.8 Å². The van der Waals surface area contributed by atoms with Gasteiger partial charge in [-0.25, -0.2) is 15.0 Å². The van der Waals surface area contributed by atoms with E-state index in [0.29, 0.717) is 36.1 Å². The van der Waals surface area contributed by atoms with E-state index >= 15 is 0 Å². The van der Waals surface area contributed by atoms with Crippen LogP contribution in [0.3, 0.4) is 0 Å². The second-order valence-electron chi connectivity index (χ2n) is 8.64. The number of alkyl halides is 3. The molecule has 0 aliphatic heterocycles. The van der Waals surface area contributed by atoms with Gasteiger partial charge in [0.1, 0.15) is 5.75 Å². The molecule has 0 aliphatic rings. The molecule has 38 heavy (non-hydrogen) atoms. The predicted molar refractivity (Wildman–Crippen MR) is 137 cm³/mol. The Bertz CT molecular complexity index is 1560. The van der Waals surface area contributed by atoms with Gasteiger partial charge in [-0.2, -0.15) is 18.3 Å². The number of ether oxygens (including phenoxy) is 1. The number of hydrogen-bond acceptors (Lipinski definition) is 6. The van der Waals surface area contributed by atoms with Crippen LogP contribution in [0, 0.1) is 6.92 Å².